The standard InChI is InChI=1S/C19H21N5O3/c1-4-5-10-24-18(26)15(11-20)12(2)16(19(24)27)23-22-14-8-6-13(7-9-14)17(25)21-3/h6-9,26H,4-5,10H2,1-3H3,(H,21,25). The summed E-state index contributed by atoms with van der Waals surface area (Å²) in [7, 11) is 1.54. The molecule has 0 aliphatic carbocycles. The molecule has 0 spiro atoms. The highest BCUT2D eigenvalue weighted by molar-refractivity contribution is 5.94. The van der Waals surface area contributed by atoms with Crippen molar-refractivity contribution in [1.29, 1.82) is 5.26 Å². The molecule has 0 fully saturated rings. The Labute approximate surface area is 156 Å². The van der Waals surface area contributed by atoms with Crippen LogP contribution in [-0.4, -0.2) is 22.6 Å². The zero-order valence-corrected chi connectivity index (χ0v) is 15.5. The molecule has 8 heteroatoms. The first-order valence-electron chi connectivity index (χ1n) is 8.54. The number of rotatable bonds is 6. The Bertz CT molecular complexity index is 969. The van der Waals surface area contributed by atoms with Crippen molar-refractivity contribution in [2.75, 3.05) is 7.05 Å². The van der Waals surface area contributed by atoms with Gasteiger partial charge >= 0.3 is 0 Å². The molecule has 2 rings (SSSR count). The molecule has 140 valence electrons. The summed E-state index contributed by atoms with van der Waals surface area (Å²) in [5, 5.41) is 30.1. The number of carbonyl (C=O) groups excluding carboxylic acids is 1. The Balaban J connectivity index is 2.46. The van der Waals surface area contributed by atoms with Gasteiger partial charge in [0, 0.05) is 24.7 Å². The third-order valence-electron chi connectivity index (χ3n) is 4.13. The molecule has 0 radical (unpaired) electrons. The van der Waals surface area contributed by atoms with Crippen LogP contribution >= 0.6 is 0 Å². The van der Waals surface area contributed by atoms with Gasteiger partial charge in [0.25, 0.3) is 11.5 Å². The van der Waals surface area contributed by atoms with Crippen molar-refractivity contribution in [3.8, 4) is 11.9 Å². The summed E-state index contributed by atoms with van der Waals surface area (Å²) in [6.07, 6.45) is 1.51. The number of nitriles is 1. The van der Waals surface area contributed by atoms with Crippen LogP contribution in [0.2, 0.25) is 0 Å². The minimum Gasteiger partial charge on any atom is -0.493 e. The number of aromatic hydroxyl groups is 1. The van der Waals surface area contributed by atoms with Crippen LogP contribution in [0.15, 0.2) is 39.3 Å². The van der Waals surface area contributed by atoms with Gasteiger partial charge in [0.15, 0.2) is 5.69 Å². The maximum absolute atomic E-state index is 12.7. The summed E-state index contributed by atoms with van der Waals surface area (Å²) < 4.78 is 1.15. The second-order valence-electron chi connectivity index (χ2n) is 5.92. The number of unbranched alkanes of at least 4 members (excludes halogenated alkanes) is 1. The van der Waals surface area contributed by atoms with E-state index < -0.39 is 5.56 Å². The van der Waals surface area contributed by atoms with Crippen LogP contribution in [0.1, 0.15) is 41.3 Å². The fraction of sp³-hybridized carbons (Fsp3) is 0.316. The number of nitrogens with one attached hydrogen (secondary N) is 1. The lowest BCUT2D eigenvalue weighted by Crippen LogP contribution is -2.22. The molecule has 0 atom stereocenters. The van der Waals surface area contributed by atoms with Crippen LogP contribution in [0, 0.1) is 18.3 Å². The highest BCUT2D eigenvalue weighted by Crippen LogP contribution is 2.27. The van der Waals surface area contributed by atoms with Gasteiger partial charge in [-0.05, 0) is 37.6 Å². The minimum atomic E-state index is -0.497. The zero-order valence-electron chi connectivity index (χ0n) is 15.5. The second-order valence-corrected chi connectivity index (χ2v) is 5.92. The number of benzene rings is 1. The topological polar surface area (TPSA) is 120 Å². The molecule has 1 aromatic heterocycles. The van der Waals surface area contributed by atoms with Crippen molar-refractivity contribution in [3.05, 3.63) is 51.3 Å². The lowest BCUT2D eigenvalue weighted by molar-refractivity contribution is 0.0963. The second kappa shape index (κ2) is 8.76. The molecule has 1 heterocycles. The molecular weight excluding hydrogens is 346 g/mol. The van der Waals surface area contributed by atoms with Crippen molar-refractivity contribution in [2.24, 2.45) is 10.2 Å². The van der Waals surface area contributed by atoms with Gasteiger partial charge in [-0.2, -0.15) is 10.4 Å². The molecule has 2 aromatic rings. The maximum Gasteiger partial charge on any atom is 0.281 e. The summed E-state index contributed by atoms with van der Waals surface area (Å²) in [6, 6.07) is 8.31. The molecule has 0 aliphatic rings. The first-order valence-corrected chi connectivity index (χ1v) is 8.54. The SMILES string of the molecule is CCCCn1c(O)c(C#N)c(C)c(N=Nc2ccc(C(=O)NC)cc2)c1=O. The fourth-order valence-electron chi connectivity index (χ4n) is 2.51. The van der Waals surface area contributed by atoms with E-state index >= 15 is 0 Å². The summed E-state index contributed by atoms with van der Waals surface area (Å²) in [5.41, 5.74) is 0.728. The van der Waals surface area contributed by atoms with E-state index in [0.29, 0.717) is 24.2 Å². The predicted molar refractivity (Wildman–Crippen MR) is 101 cm³/mol. The van der Waals surface area contributed by atoms with Crippen molar-refractivity contribution < 1.29 is 9.90 Å². The number of azo groups is 1. The summed E-state index contributed by atoms with van der Waals surface area (Å²) in [4.78, 5) is 24.2. The first kappa shape index (κ1) is 19.8. The largest absolute Gasteiger partial charge is 0.493 e. The predicted octanol–water partition coefficient (Wildman–Crippen LogP) is 3.31. The first-order chi connectivity index (χ1) is 12.9. The van der Waals surface area contributed by atoms with Gasteiger partial charge in [0.05, 0.1) is 5.69 Å². The quantitative estimate of drug-likeness (QED) is 0.761. The number of hydrogen-bond donors (Lipinski definition) is 2. The highest BCUT2D eigenvalue weighted by Gasteiger charge is 2.18. The van der Waals surface area contributed by atoms with Crippen LogP contribution in [0.4, 0.5) is 11.4 Å². The monoisotopic (exact) mass is 367 g/mol. The normalized spacial score (nSPS) is 10.7. The van der Waals surface area contributed by atoms with E-state index in [4.69, 9.17) is 0 Å². The Hall–Kier alpha value is -3.47. The Morgan fingerprint density at radius 1 is 1.30 bits per heavy atom. The minimum absolute atomic E-state index is 0.00891. The van der Waals surface area contributed by atoms with Gasteiger partial charge in [-0.15, -0.1) is 5.11 Å². The Morgan fingerprint density at radius 2 is 1.96 bits per heavy atom. The lowest BCUT2D eigenvalue weighted by atomic mass is 10.1. The van der Waals surface area contributed by atoms with Gasteiger partial charge in [0.2, 0.25) is 5.88 Å². The lowest BCUT2D eigenvalue weighted by Gasteiger charge is -2.12. The molecule has 27 heavy (non-hydrogen) atoms. The molecular formula is C19H21N5O3. The third-order valence-corrected chi connectivity index (χ3v) is 4.13. The van der Waals surface area contributed by atoms with E-state index in [1.807, 2.05) is 13.0 Å². The Morgan fingerprint density at radius 3 is 2.52 bits per heavy atom. The van der Waals surface area contributed by atoms with Crippen LogP contribution in [0.3, 0.4) is 0 Å². The van der Waals surface area contributed by atoms with Crippen molar-refractivity contribution in [1.82, 2.24) is 9.88 Å². The van der Waals surface area contributed by atoms with E-state index in [0.717, 1.165) is 11.0 Å². The number of carbonyl (C=O) groups is 1. The van der Waals surface area contributed by atoms with Gasteiger partial charge < -0.3 is 10.4 Å². The molecule has 0 unspecified atom stereocenters. The average Bonchev–Trinajstić information content (AvgIpc) is 2.68. The third kappa shape index (κ3) is 4.20. The van der Waals surface area contributed by atoms with Crippen molar-refractivity contribution in [2.45, 2.75) is 33.2 Å². The summed E-state index contributed by atoms with van der Waals surface area (Å²) in [6.45, 7) is 3.80. The number of aromatic nitrogens is 1. The summed E-state index contributed by atoms with van der Waals surface area (Å²) in [5.74, 6) is -0.562. The molecule has 1 amide bonds. The molecule has 1 aromatic carbocycles. The van der Waals surface area contributed by atoms with Gasteiger partial charge in [-0.1, -0.05) is 13.3 Å². The highest BCUT2D eigenvalue weighted by atomic mass is 16.3. The van der Waals surface area contributed by atoms with Gasteiger partial charge in [-0.3, -0.25) is 14.2 Å². The Kier molecular flexibility index (Phi) is 6.44. The fourth-order valence-corrected chi connectivity index (χ4v) is 2.51. The van der Waals surface area contributed by atoms with Crippen LogP contribution < -0.4 is 10.9 Å². The molecule has 2 N–H and O–H groups in total. The van der Waals surface area contributed by atoms with E-state index in [2.05, 4.69) is 15.5 Å². The van der Waals surface area contributed by atoms with Crippen LogP contribution in [0.5, 0.6) is 5.88 Å². The van der Waals surface area contributed by atoms with Crippen LogP contribution in [-0.2, 0) is 6.54 Å². The molecule has 0 saturated heterocycles. The smallest absolute Gasteiger partial charge is 0.281 e. The van der Waals surface area contributed by atoms with E-state index in [9.17, 15) is 20.0 Å². The zero-order chi connectivity index (χ0) is 20.0. The average molecular weight is 367 g/mol. The van der Waals surface area contributed by atoms with E-state index in [1.165, 1.54) is 0 Å². The van der Waals surface area contributed by atoms with E-state index in [-0.39, 0.29) is 28.6 Å². The molecule has 8 nitrogen and oxygen atoms in total. The van der Waals surface area contributed by atoms with Gasteiger partial charge in [-0.25, -0.2) is 0 Å². The molecule has 0 saturated carbocycles. The van der Waals surface area contributed by atoms with Crippen molar-refractivity contribution in [3.63, 3.8) is 0 Å². The van der Waals surface area contributed by atoms with Crippen molar-refractivity contribution >= 4 is 17.3 Å². The number of nitrogens with zero attached hydrogens (tertiary/aromatic N) is 4. The van der Waals surface area contributed by atoms with Crippen LogP contribution in [0.25, 0.3) is 0 Å². The molecule has 0 bridgehead atoms. The number of amides is 1. The molecule has 0 aliphatic heterocycles. The summed E-state index contributed by atoms with van der Waals surface area (Å²) >= 11 is 0. The number of pyridine rings is 1. The maximum atomic E-state index is 12.7. The number of hydrogen-bond acceptors (Lipinski definition) is 6. The van der Waals surface area contributed by atoms with Gasteiger partial charge in [0.1, 0.15) is 11.6 Å². The van der Waals surface area contributed by atoms with E-state index in [1.54, 1.807) is 38.2 Å².